The van der Waals surface area contributed by atoms with Crippen LogP contribution in [0, 0.1) is 0 Å². The van der Waals surface area contributed by atoms with Gasteiger partial charge in [0, 0.05) is 17.3 Å². The molecule has 0 atom stereocenters. The topological polar surface area (TPSA) is 63.8 Å². The monoisotopic (exact) mass is 268 g/mol. The first-order valence-corrected chi connectivity index (χ1v) is 7.25. The summed E-state index contributed by atoms with van der Waals surface area (Å²) in [7, 11) is 0. The van der Waals surface area contributed by atoms with Gasteiger partial charge in [0.2, 0.25) is 0 Å². The highest BCUT2D eigenvalue weighted by molar-refractivity contribution is 5.63. The molecule has 0 spiro atoms. The van der Waals surface area contributed by atoms with Crippen molar-refractivity contribution in [1.29, 1.82) is 0 Å². The van der Waals surface area contributed by atoms with Gasteiger partial charge in [0.25, 0.3) is 0 Å². The second-order valence-electron chi connectivity index (χ2n) is 5.32. The van der Waals surface area contributed by atoms with E-state index >= 15 is 0 Å². The van der Waals surface area contributed by atoms with Crippen LogP contribution in [0.1, 0.15) is 43.4 Å². The van der Waals surface area contributed by atoms with E-state index in [0.29, 0.717) is 11.7 Å². The van der Waals surface area contributed by atoms with E-state index < -0.39 is 0 Å². The van der Waals surface area contributed by atoms with Gasteiger partial charge in [-0.15, -0.1) is 0 Å². The molecule has 0 saturated heterocycles. The number of nitrogens with two attached hydrogens (primary N) is 1. The maximum atomic E-state index is 5.53. The number of hydrogen-bond donors (Lipinski definition) is 2. The summed E-state index contributed by atoms with van der Waals surface area (Å²) in [4.78, 5) is 9.23. The lowest BCUT2D eigenvalue weighted by Crippen LogP contribution is -2.11. The summed E-state index contributed by atoms with van der Waals surface area (Å²) in [5, 5.41) is 0. The summed E-state index contributed by atoms with van der Waals surface area (Å²) >= 11 is 0. The van der Waals surface area contributed by atoms with Gasteiger partial charge in [-0.2, -0.15) is 0 Å². The zero-order valence-corrected chi connectivity index (χ0v) is 11.8. The number of hydrazine groups is 1. The quantitative estimate of drug-likeness (QED) is 0.645. The molecule has 1 aliphatic rings. The second-order valence-corrected chi connectivity index (χ2v) is 5.32. The minimum atomic E-state index is 0.680. The lowest BCUT2D eigenvalue weighted by atomic mass is 10.0. The van der Waals surface area contributed by atoms with Crippen LogP contribution in [0.4, 0.5) is 5.82 Å². The molecular weight excluding hydrogens is 248 g/mol. The summed E-state index contributed by atoms with van der Waals surface area (Å²) in [5.41, 5.74) is 6.20. The molecule has 0 unspecified atom stereocenters. The largest absolute Gasteiger partial charge is 0.308 e. The van der Waals surface area contributed by atoms with Gasteiger partial charge in [0.1, 0.15) is 5.82 Å². The molecule has 1 aromatic carbocycles. The molecule has 1 aliphatic carbocycles. The Kier molecular flexibility index (Phi) is 3.65. The molecule has 104 valence electrons. The van der Waals surface area contributed by atoms with Crippen molar-refractivity contribution in [3.63, 3.8) is 0 Å². The third-order valence-corrected chi connectivity index (χ3v) is 3.65. The zero-order valence-electron chi connectivity index (χ0n) is 11.8. The number of aromatic nitrogens is 2. The molecule has 20 heavy (non-hydrogen) atoms. The van der Waals surface area contributed by atoms with Gasteiger partial charge in [0.05, 0.1) is 0 Å². The number of nitrogens with zero attached hydrogens (tertiary/aromatic N) is 2. The number of nitrogens with one attached hydrogen (secondary N) is 1. The molecule has 0 aliphatic heterocycles. The molecule has 3 N–H and O–H groups in total. The van der Waals surface area contributed by atoms with Crippen molar-refractivity contribution in [2.24, 2.45) is 5.84 Å². The maximum absolute atomic E-state index is 5.53. The Morgan fingerprint density at radius 3 is 2.75 bits per heavy atom. The number of anilines is 1. The summed E-state index contributed by atoms with van der Waals surface area (Å²) < 4.78 is 0. The molecule has 1 saturated carbocycles. The third-order valence-electron chi connectivity index (χ3n) is 3.65. The van der Waals surface area contributed by atoms with Crippen LogP contribution in [0.5, 0.6) is 0 Å². The van der Waals surface area contributed by atoms with E-state index in [9.17, 15) is 0 Å². The van der Waals surface area contributed by atoms with Crippen molar-refractivity contribution in [2.75, 3.05) is 5.43 Å². The Balaban J connectivity index is 2.06. The van der Waals surface area contributed by atoms with E-state index in [4.69, 9.17) is 10.8 Å². The van der Waals surface area contributed by atoms with Gasteiger partial charge in [-0.25, -0.2) is 15.8 Å². The molecule has 0 amide bonds. The van der Waals surface area contributed by atoms with Crippen LogP contribution in [0.15, 0.2) is 30.3 Å². The van der Waals surface area contributed by atoms with Crippen LogP contribution in [0.25, 0.3) is 11.4 Å². The summed E-state index contributed by atoms with van der Waals surface area (Å²) in [6.07, 6.45) is 4.54. The zero-order chi connectivity index (χ0) is 13.9. The molecule has 2 aromatic rings. The molecular formula is C16H20N4. The smallest absolute Gasteiger partial charge is 0.162 e. The van der Waals surface area contributed by atoms with E-state index in [-0.39, 0.29) is 0 Å². The van der Waals surface area contributed by atoms with E-state index in [1.54, 1.807) is 0 Å². The number of rotatable bonds is 5. The van der Waals surface area contributed by atoms with Crippen LogP contribution < -0.4 is 11.3 Å². The number of hydrogen-bond acceptors (Lipinski definition) is 4. The highest BCUT2D eigenvalue weighted by Gasteiger charge is 2.26. The highest BCUT2D eigenvalue weighted by Crippen LogP contribution is 2.43. The Labute approximate surface area is 119 Å². The standard InChI is InChI=1S/C16H20N4/c1-2-5-12-10-15(20-17)19-16(18-12)14-7-4-3-6-13(14)11-8-9-11/h3-4,6-7,10-11H,2,5,8-9,17H2,1H3,(H,18,19,20). The van der Waals surface area contributed by atoms with E-state index in [0.717, 1.165) is 29.9 Å². The lowest BCUT2D eigenvalue weighted by Gasteiger charge is -2.10. The van der Waals surface area contributed by atoms with Gasteiger partial charge < -0.3 is 5.43 Å². The fourth-order valence-corrected chi connectivity index (χ4v) is 2.53. The van der Waals surface area contributed by atoms with Crippen LogP contribution in [-0.2, 0) is 6.42 Å². The average Bonchev–Trinajstić information content (AvgIpc) is 3.32. The van der Waals surface area contributed by atoms with E-state index in [1.807, 2.05) is 12.1 Å². The number of aryl methyl sites for hydroxylation is 1. The summed E-state index contributed by atoms with van der Waals surface area (Å²) in [6, 6.07) is 10.4. The average molecular weight is 268 g/mol. The fraction of sp³-hybridized carbons (Fsp3) is 0.375. The fourth-order valence-electron chi connectivity index (χ4n) is 2.53. The number of benzene rings is 1. The van der Waals surface area contributed by atoms with Crippen molar-refractivity contribution < 1.29 is 0 Å². The van der Waals surface area contributed by atoms with Gasteiger partial charge in [-0.3, -0.25) is 0 Å². The highest BCUT2D eigenvalue weighted by atomic mass is 15.3. The molecule has 1 heterocycles. The van der Waals surface area contributed by atoms with E-state index in [2.05, 4.69) is 35.5 Å². The van der Waals surface area contributed by atoms with Crippen molar-refractivity contribution in [3.8, 4) is 11.4 Å². The van der Waals surface area contributed by atoms with Crippen molar-refractivity contribution >= 4 is 5.82 Å². The van der Waals surface area contributed by atoms with Crippen LogP contribution in [0.3, 0.4) is 0 Å². The Bertz CT molecular complexity index is 605. The van der Waals surface area contributed by atoms with Crippen molar-refractivity contribution in [3.05, 3.63) is 41.6 Å². The van der Waals surface area contributed by atoms with Gasteiger partial charge in [0.15, 0.2) is 5.82 Å². The molecule has 1 aromatic heterocycles. The van der Waals surface area contributed by atoms with Crippen LogP contribution >= 0.6 is 0 Å². The molecule has 0 bridgehead atoms. The third kappa shape index (κ3) is 2.65. The molecule has 1 fully saturated rings. The predicted molar refractivity (Wildman–Crippen MR) is 81.2 cm³/mol. The normalized spacial score (nSPS) is 14.3. The summed E-state index contributed by atoms with van der Waals surface area (Å²) in [5.74, 6) is 7.68. The predicted octanol–water partition coefficient (Wildman–Crippen LogP) is 3.26. The Morgan fingerprint density at radius 1 is 1.25 bits per heavy atom. The lowest BCUT2D eigenvalue weighted by molar-refractivity contribution is 0.874. The first-order valence-electron chi connectivity index (χ1n) is 7.25. The van der Waals surface area contributed by atoms with Crippen molar-refractivity contribution in [1.82, 2.24) is 9.97 Å². The second kappa shape index (κ2) is 5.59. The van der Waals surface area contributed by atoms with E-state index in [1.165, 1.54) is 18.4 Å². The van der Waals surface area contributed by atoms with Gasteiger partial charge in [-0.05, 0) is 30.7 Å². The number of nitrogen functional groups attached to an aromatic ring is 1. The maximum Gasteiger partial charge on any atom is 0.162 e. The molecule has 3 rings (SSSR count). The van der Waals surface area contributed by atoms with Crippen LogP contribution in [0.2, 0.25) is 0 Å². The SMILES string of the molecule is CCCc1cc(NN)nc(-c2ccccc2C2CC2)n1. The van der Waals surface area contributed by atoms with Gasteiger partial charge in [-0.1, -0.05) is 37.6 Å². The minimum Gasteiger partial charge on any atom is -0.308 e. The molecule has 0 radical (unpaired) electrons. The minimum absolute atomic E-state index is 0.680. The molecule has 4 heteroatoms. The summed E-state index contributed by atoms with van der Waals surface area (Å²) in [6.45, 7) is 2.15. The van der Waals surface area contributed by atoms with Crippen LogP contribution in [-0.4, -0.2) is 9.97 Å². The van der Waals surface area contributed by atoms with Gasteiger partial charge >= 0.3 is 0 Å². The van der Waals surface area contributed by atoms with Crippen molar-refractivity contribution in [2.45, 2.75) is 38.5 Å². The first kappa shape index (κ1) is 13.1. The molecule has 4 nitrogen and oxygen atoms in total. The Morgan fingerprint density at radius 2 is 2.05 bits per heavy atom. The Hall–Kier alpha value is -1.94. The first-order chi connectivity index (χ1) is 9.81.